The van der Waals surface area contributed by atoms with Gasteiger partial charge in [0.1, 0.15) is 0 Å². The quantitative estimate of drug-likeness (QED) is 0.888. The third-order valence-electron chi connectivity index (χ3n) is 3.82. The first kappa shape index (κ1) is 14.5. The summed E-state index contributed by atoms with van der Waals surface area (Å²) >= 11 is 0. The number of piperidine rings is 1. The Morgan fingerprint density at radius 3 is 2.10 bits per heavy atom. The van der Waals surface area contributed by atoms with Crippen molar-refractivity contribution in [2.45, 2.75) is 45.2 Å². The second-order valence-corrected chi connectivity index (χ2v) is 5.36. The number of hydrazine groups is 1. The number of carbonyl (C=O) groups excluding carboxylic acids is 1. The fourth-order valence-corrected chi connectivity index (χ4v) is 2.59. The summed E-state index contributed by atoms with van der Waals surface area (Å²) in [5.74, 6) is -1.18. The first-order chi connectivity index (χ1) is 9.49. The number of benzene rings is 1. The zero-order valence-corrected chi connectivity index (χ0v) is 11.8. The van der Waals surface area contributed by atoms with Crippen LogP contribution in [0.15, 0.2) is 24.3 Å². The van der Waals surface area contributed by atoms with Crippen LogP contribution in [-0.2, 0) is 0 Å². The molecule has 108 valence electrons. The highest BCUT2D eigenvalue weighted by molar-refractivity contribution is 5.95. The highest BCUT2D eigenvalue weighted by Crippen LogP contribution is 2.20. The van der Waals surface area contributed by atoms with E-state index in [4.69, 9.17) is 5.11 Å². The molecular weight excluding hydrogens is 256 g/mol. The maximum Gasteiger partial charge on any atom is 0.335 e. The van der Waals surface area contributed by atoms with Gasteiger partial charge in [0.25, 0.3) is 5.91 Å². The normalized spacial score (nSPS) is 23.3. The summed E-state index contributed by atoms with van der Waals surface area (Å²) in [5, 5.41) is 10.8. The van der Waals surface area contributed by atoms with E-state index in [1.54, 1.807) is 0 Å². The van der Waals surface area contributed by atoms with Crippen molar-refractivity contribution in [3.63, 3.8) is 0 Å². The van der Waals surface area contributed by atoms with Crippen LogP contribution in [0.5, 0.6) is 0 Å². The van der Waals surface area contributed by atoms with E-state index >= 15 is 0 Å². The molecule has 0 radical (unpaired) electrons. The van der Waals surface area contributed by atoms with Crippen molar-refractivity contribution in [1.29, 1.82) is 0 Å². The molecule has 20 heavy (non-hydrogen) atoms. The Bertz CT molecular complexity index is 488. The van der Waals surface area contributed by atoms with Gasteiger partial charge in [-0.1, -0.05) is 6.42 Å². The van der Waals surface area contributed by atoms with E-state index in [1.807, 2.05) is 5.01 Å². The summed E-state index contributed by atoms with van der Waals surface area (Å²) < 4.78 is 0. The second-order valence-electron chi connectivity index (χ2n) is 5.36. The first-order valence-electron chi connectivity index (χ1n) is 6.91. The maximum absolute atomic E-state index is 12.2. The van der Waals surface area contributed by atoms with Crippen molar-refractivity contribution in [2.24, 2.45) is 0 Å². The van der Waals surface area contributed by atoms with Gasteiger partial charge in [-0.05, 0) is 51.0 Å². The summed E-state index contributed by atoms with van der Waals surface area (Å²) in [7, 11) is 0. The van der Waals surface area contributed by atoms with Crippen LogP contribution in [0.4, 0.5) is 0 Å². The minimum absolute atomic E-state index is 0.182. The molecule has 2 N–H and O–H groups in total. The Balaban J connectivity index is 2.05. The maximum atomic E-state index is 12.2. The number of aromatic carboxylic acids is 1. The Hall–Kier alpha value is -1.88. The van der Waals surface area contributed by atoms with Crippen LogP contribution in [0.3, 0.4) is 0 Å². The van der Waals surface area contributed by atoms with E-state index in [2.05, 4.69) is 19.3 Å². The lowest BCUT2D eigenvalue weighted by Crippen LogP contribution is -2.54. The molecule has 0 aliphatic carbocycles. The first-order valence-corrected chi connectivity index (χ1v) is 6.91. The molecule has 2 unspecified atom stereocenters. The highest BCUT2D eigenvalue weighted by Gasteiger charge is 2.26. The van der Waals surface area contributed by atoms with Crippen LogP contribution < -0.4 is 5.43 Å². The number of carboxylic acid groups (broad SMARTS) is 1. The second kappa shape index (κ2) is 6.05. The van der Waals surface area contributed by atoms with Gasteiger partial charge in [-0.15, -0.1) is 0 Å². The van der Waals surface area contributed by atoms with Crippen molar-refractivity contribution in [3.05, 3.63) is 35.4 Å². The minimum Gasteiger partial charge on any atom is -0.478 e. The van der Waals surface area contributed by atoms with Crippen LogP contribution in [0.25, 0.3) is 0 Å². The van der Waals surface area contributed by atoms with Crippen LogP contribution in [0, 0.1) is 0 Å². The average molecular weight is 276 g/mol. The Morgan fingerprint density at radius 1 is 1.10 bits per heavy atom. The predicted molar refractivity (Wildman–Crippen MR) is 75.5 cm³/mol. The van der Waals surface area contributed by atoms with E-state index < -0.39 is 5.97 Å². The average Bonchev–Trinajstić information content (AvgIpc) is 2.43. The summed E-state index contributed by atoms with van der Waals surface area (Å²) in [6.45, 7) is 4.20. The fourth-order valence-electron chi connectivity index (χ4n) is 2.59. The Morgan fingerprint density at radius 2 is 1.60 bits per heavy atom. The van der Waals surface area contributed by atoms with Gasteiger partial charge >= 0.3 is 5.97 Å². The van der Waals surface area contributed by atoms with E-state index in [0.717, 1.165) is 12.8 Å². The number of hydrogen-bond donors (Lipinski definition) is 2. The molecule has 2 rings (SSSR count). The molecule has 1 fully saturated rings. The lowest BCUT2D eigenvalue weighted by atomic mass is 10.00. The molecule has 2 atom stereocenters. The third kappa shape index (κ3) is 3.17. The zero-order chi connectivity index (χ0) is 14.7. The van der Waals surface area contributed by atoms with E-state index in [1.165, 1.54) is 30.7 Å². The van der Waals surface area contributed by atoms with Gasteiger partial charge in [0, 0.05) is 17.6 Å². The molecule has 1 aromatic rings. The van der Waals surface area contributed by atoms with Crippen molar-refractivity contribution >= 4 is 11.9 Å². The SMILES string of the molecule is CC1CCCC(C)N1NC(=O)c1ccc(C(=O)O)cc1. The Labute approximate surface area is 118 Å². The number of carbonyl (C=O) groups is 2. The van der Waals surface area contributed by atoms with Crippen LogP contribution >= 0.6 is 0 Å². The number of amides is 1. The van der Waals surface area contributed by atoms with Crippen LogP contribution in [0.1, 0.15) is 53.8 Å². The van der Waals surface area contributed by atoms with E-state index in [0.29, 0.717) is 17.6 Å². The van der Waals surface area contributed by atoms with Gasteiger partial charge in [-0.25, -0.2) is 9.80 Å². The molecule has 1 aliphatic heterocycles. The summed E-state index contributed by atoms with van der Waals surface area (Å²) in [6.07, 6.45) is 3.33. The van der Waals surface area contributed by atoms with Crippen molar-refractivity contribution in [3.8, 4) is 0 Å². The Kier molecular flexibility index (Phi) is 4.39. The predicted octanol–water partition coefficient (Wildman–Crippen LogP) is 2.29. The minimum atomic E-state index is -0.991. The number of carboxylic acids is 1. The lowest BCUT2D eigenvalue weighted by Gasteiger charge is -2.38. The molecule has 5 nitrogen and oxygen atoms in total. The standard InChI is InChI=1S/C15H20N2O3/c1-10-4-3-5-11(2)17(10)16-14(18)12-6-8-13(9-7-12)15(19)20/h6-11H,3-5H2,1-2H3,(H,16,18)(H,19,20). The van der Waals surface area contributed by atoms with E-state index in [-0.39, 0.29) is 11.5 Å². The van der Waals surface area contributed by atoms with Gasteiger partial charge in [-0.2, -0.15) is 0 Å². The molecule has 1 amide bonds. The zero-order valence-electron chi connectivity index (χ0n) is 11.8. The molecular formula is C15H20N2O3. The van der Waals surface area contributed by atoms with Gasteiger partial charge < -0.3 is 5.11 Å². The topological polar surface area (TPSA) is 69.6 Å². The molecule has 1 heterocycles. The fraction of sp³-hybridized carbons (Fsp3) is 0.467. The lowest BCUT2D eigenvalue weighted by molar-refractivity contribution is 0.0369. The van der Waals surface area contributed by atoms with Gasteiger partial charge in [0.05, 0.1) is 5.56 Å². The largest absolute Gasteiger partial charge is 0.478 e. The molecule has 1 saturated heterocycles. The summed E-state index contributed by atoms with van der Waals surface area (Å²) in [5.41, 5.74) is 3.58. The van der Waals surface area contributed by atoms with Crippen LogP contribution in [-0.4, -0.2) is 34.1 Å². The van der Waals surface area contributed by atoms with Gasteiger partial charge in [0.15, 0.2) is 0 Å². The van der Waals surface area contributed by atoms with Crippen molar-refractivity contribution in [2.75, 3.05) is 0 Å². The highest BCUT2D eigenvalue weighted by atomic mass is 16.4. The molecule has 0 spiro atoms. The smallest absolute Gasteiger partial charge is 0.335 e. The number of hydrogen-bond acceptors (Lipinski definition) is 3. The van der Waals surface area contributed by atoms with Crippen LogP contribution in [0.2, 0.25) is 0 Å². The van der Waals surface area contributed by atoms with Gasteiger partial charge in [-0.3, -0.25) is 10.2 Å². The number of nitrogens with zero attached hydrogens (tertiary/aromatic N) is 1. The van der Waals surface area contributed by atoms with Crippen molar-refractivity contribution in [1.82, 2.24) is 10.4 Å². The molecule has 1 aromatic carbocycles. The summed E-state index contributed by atoms with van der Waals surface area (Å²) in [6, 6.07) is 6.61. The molecule has 5 heteroatoms. The van der Waals surface area contributed by atoms with E-state index in [9.17, 15) is 9.59 Å². The molecule has 0 saturated carbocycles. The molecule has 0 aromatic heterocycles. The number of nitrogens with one attached hydrogen (secondary N) is 1. The molecule has 1 aliphatic rings. The molecule has 0 bridgehead atoms. The third-order valence-corrected chi connectivity index (χ3v) is 3.82. The van der Waals surface area contributed by atoms with Gasteiger partial charge in [0.2, 0.25) is 0 Å². The number of rotatable bonds is 3. The monoisotopic (exact) mass is 276 g/mol. The van der Waals surface area contributed by atoms with Crippen molar-refractivity contribution < 1.29 is 14.7 Å². The summed E-state index contributed by atoms with van der Waals surface area (Å²) in [4.78, 5) is 23.0.